The van der Waals surface area contributed by atoms with Crippen LogP contribution < -0.4 is 0 Å². The van der Waals surface area contributed by atoms with Crippen molar-refractivity contribution in [3.63, 3.8) is 0 Å². The average molecular weight is 307 g/mol. The van der Waals surface area contributed by atoms with Crippen molar-refractivity contribution in [2.75, 3.05) is 5.75 Å². The molecule has 0 atom stereocenters. The third kappa shape index (κ3) is 3.22. The Hall–Kier alpha value is -0.550. The highest BCUT2D eigenvalue weighted by Crippen LogP contribution is 2.31. The highest BCUT2D eigenvalue weighted by molar-refractivity contribution is 9.10. The van der Waals surface area contributed by atoms with Crippen molar-refractivity contribution in [3.05, 3.63) is 28.0 Å². The van der Waals surface area contributed by atoms with E-state index in [1.54, 1.807) is 0 Å². The fourth-order valence-electron chi connectivity index (χ4n) is 1.06. The van der Waals surface area contributed by atoms with Gasteiger partial charge in [0.15, 0.2) is 5.82 Å². The number of benzene rings is 1. The van der Waals surface area contributed by atoms with Crippen LogP contribution in [0, 0.1) is 11.7 Å². The summed E-state index contributed by atoms with van der Waals surface area (Å²) in [5.74, 6) is -0.366. The zero-order valence-corrected chi connectivity index (χ0v) is 11.4. The van der Waals surface area contributed by atoms with E-state index < -0.39 is 11.8 Å². The van der Waals surface area contributed by atoms with Crippen molar-refractivity contribution in [1.29, 1.82) is 0 Å². The van der Waals surface area contributed by atoms with Gasteiger partial charge < -0.3 is 5.11 Å². The second kappa shape index (κ2) is 5.68. The molecule has 16 heavy (non-hydrogen) atoms. The van der Waals surface area contributed by atoms with Gasteiger partial charge in [0.2, 0.25) is 0 Å². The van der Waals surface area contributed by atoms with Gasteiger partial charge in [0.1, 0.15) is 0 Å². The van der Waals surface area contributed by atoms with Gasteiger partial charge in [-0.3, -0.25) is 0 Å². The number of hydrogen-bond acceptors (Lipinski definition) is 2. The van der Waals surface area contributed by atoms with Crippen molar-refractivity contribution >= 4 is 33.7 Å². The molecule has 0 radical (unpaired) electrons. The van der Waals surface area contributed by atoms with Gasteiger partial charge in [-0.1, -0.05) is 13.8 Å². The number of carbonyl (C=O) groups is 1. The summed E-state index contributed by atoms with van der Waals surface area (Å²) in [6.07, 6.45) is 0. The van der Waals surface area contributed by atoms with E-state index in [-0.39, 0.29) is 10.0 Å². The minimum Gasteiger partial charge on any atom is -0.478 e. The van der Waals surface area contributed by atoms with Crippen LogP contribution >= 0.6 is 27.7 Å². The number of thioether (sulfide) groups is 1. The molecule has 0 bridgehead atoms. The van der Waals surface area contributed by atoms with E-state index in [4.69, 9.17) is 5.11 Å². The largest absolute Gasteiger partial charge is 0.478 e. The number of hydrogen-bond donors (Lipinski definition) is 1. The molecule has 0 amide bonds. The van der Waals surface area contributed by atoms with Crippen LogP contribution in [0.5, 0.6) is 0 Å². The lowest BCUT2D eigenvalue weighted by atomic mass is 10.2. The zero-order chi connectivity index (χ0) is 12.3. The third-order valence-electron chi connectivity index (χ3n) is 1.85. The summed E-state index contributed by atoms with van der Waals surface area (Å²) in [7, 11) is 0. The Morgan fingerprint density at radius 3 is 2.69 bits per heavy atom. The Morgan fingerprint density at radius 1 is 1.56 bits per heavy atom. The maximum absolute atomic E-state index is 13.7. The van der Waals surface area contributed by atoms with E-state index in [2.05, 4.69) is 15.9 Å². The lowest BCUT2D eigenvalue weighted by molar-refractivity contribution is 0.0695. The highest BCUT2D eigenvalue weighted by atomic mass is 79.9. The molecule has 0 saturated carbocycles. The van der Waals surface area contributed by atoms with Gasteiger partial charge in [-0.05, 0) is 34.0 Å². The molecule has 1 aromatic carbocycles. The van der Waals surface area contributed by atoms with Crippen LogP contribution in [-0.2, 0) is 0 Å². The van der Waals surface area contributed by atoms with Gasteiger partial charge in [-0.2, -0.15) is 0 Å². The molecule has 0 heterocycles. The second-order valence-corrected chi connectivity index (χ2v) is 5.60. The van der Waals surface area contributed by atoms with Crippen molar-refractivity contribution in [2.45, 2.75) is 18.7 Å². The summed E-state index contributed by atoms with van der Waals surface area (Å²) in [5, 5.41) is 8.80. The molecule has 5 heteroatoms. The van der Waals surface area contributed by atoms with E-state index in [1.165, 1.54) is 23.9 Å². The molecule has 88 valence electrons. The van der Waals surface area contributed by atoms with Crippen LogP contribution in [-0.4, -0.2) is 16.8 Å². The summed E-state index contributed by atoms with van der Waals surface area (Å²) in [6, 6.07) is 2.93. The first-order valence-corrected chi connectivity index (χ1v) is 6.55. The number of aromatic carboxylic acids is 1. The van der Waals surface area contributed by atoms with E-state index in [1.807, 2.05) is 13.8 Å². The van der Waals surface area contributed by atoms with Crippen LogP contribution in [0.3, 0.4) is 0 Å². The molecule has 1 rings (SSSR count). The van der Waals surface area contributed by atoms with Crippen molar-refractivity contribution in [3.8, 4) is 0 Å². The molecular formula is C11H12BrFO2S. The summed E-state index contributed by atoms with van der Waals surface area (Å²) in [6.45, 7) is 4.09. The van der Waals surface area contributed by atoms with Crippen LogP contribution in [0.25, 0.3) is 0 Å². The Balaban J connectivity index is 2.98. The smallest absolute Gasteiger partial charge is 0.336 e. The highest BCUT2D eigenvalue weighted by Gasteiger charge is 2.16. The zero-order valence-electron chi connectivity index (χ0n) is 8.96. The molecule has 0 aliphatic rings. The SMILES string of the molecule is CC(C)CSc1ccc(C(=O)O)c(Br)c1F. The third-order valence-corrected chi connectivity index (χ3v) is 4.08. The van der Waals surface area contributed by atoms with E-state index in [0.717, 1.165) is 5.75 Å². The van der Waals surface area contributed by atoms with Gasteiger partial charge in [0.25, 0.3) is 0 Å². The molecule has 1 aromatic rings. The normalized spacial score (nSPS) is 10.8. The summed E-state index contributed by atoms with van der Waals surface area (Å²) in [4.78, 5) is 11.2. The van der Waals surface area contributed by atoms with Crippen LogP contribution in [0.2, 0.25) is 0 Å². The fourth-order valence-corrected chi connectivity index (χ4v) is 2.62. The summed E-state index contributed by atoms with van der Waals surface area (Å²) < 4.78 is 13.8. The minimum absolute atomic E-state index is 0.0220. The lowest BCUT2D eigenvalue weighted by Crippen LogP contribution is -2.01. The number of halogens is 2. The molecule has 0 saturated heterocycles. The Morgan fingerprint density at radius 2 is 2.19 bits per heavy atom. The topological polar surface area (TPSA) is 37.3 Å². The van der Waals surface area contributed by atoms with Gasteiger partial charge in [0.05, 0.1) is 10.0 Å². The van der Waals surface area contributed by atoms with Crippen LogP contribution in [0.1, 0.15) is 24.2 Å². The number of carboxylic acids is 1. The van der Waals surface area contributed by atoms with E-state index in [0.29, 0.717) is 10.8 Å². The van der Waals surface area contributed by atoms with Gasteiger partial charge >= 0.3 is 5.97 Å². The van der Waals surface area contributed by atoms with Gasteiger partial charge in [-0.15, -0.1) is 11.8 Å². The van der Waals surface area contributed by atoms with Crippen molar-refractivity contribution in [2.24, 2.45) is 5.92 Å². The minimum atomic E-state index is -1.13. The molecule has 0 fully saturated rings. The first kappa shape index (κ1) is 13.5. The van der Waals surface area contributed by atoms with E-state index in [9.17, 15) is 9.18 Å². The fraction of sp³-hybridized carbons (Fsp3) is 0.364. The molecule has 0 aliphatic heterocycles. The second-order valence-electron chi connectivity index (χ2n) is 3.75. The van der Waals surface area contributed by atoms with E-state index >= 15 is 0 Å². The van der Waals surface area contributed by atoms with Crippen LogP contribution in [0.15, 0.2) is 21.5 Å². The first-order valence-electron chi connectivity index (χ1n) is 4.77. The monoisotopic (exact) mass is 306 g/mol. The average Bonchev–Trinajstić information content (AvgIpc) is 2.19. The predicted octanol–water partition coefficient (Wildman–Crippen LogP) is 4.03. The Bertz CT molecular complexity index is 407. The van der Waals surface area contributed by atoms with Crippen molar-refractivity contribution in [1.82, 2.24) is 0 Å². The summed E-state index contributed by atoms with van der Waals surface area (Å²) in [5.41, 5.74) is -0.0496. The first-order chi connectivity index (χ1) is 7.43. The van der Waals surface area contributed by atoms with Crippen LogP contribution in [0.4, 0.5) is 4.39 Å². The lowest BCUT2D eigenvalue weighted by Gasteiger charge is -2.08. The molecule has 0 spiro atoms. The molecular weight excluding hydrogens is 295 g/mol. The molecule has 0 aromatic heterocycles. The van der Waals surface area contributed by atoms with Gasteiger partial charge in [0, 0.05) is 10.6 Å². The standard InChI is InChI=1S/C11H12BrFO2S/c1-6(2)5-16-8-4-3-7(11(14)15)9(12)10(8)13/h3-4,6H,5H2,1-2H3,(H,14,15). The van der Waals surface area contributed by atoms with Gasteiger partial charge in [-0.25, -0.2) is 9.18 Å². The quantitative estimate of drug-likeness (QED) is 0.853. The maximum atomic E-state index is 13.7. The van der Waals surface area contributed by atoms with Crippen molar-refractivity contribution < 1.29 is 14.3 Å². The molecule has 2 nitrogen and oxygen atoms in total. The number of rotatable bonds is 4. The Kier molecular flexibility index (Phi) is 4.80. The maximum Gasteiger partial charge on any atom is 0.336 e. The molecule has 1 N–H and O–H groups in total. The number of carboxylic acid groups (broad SMARTS) is 1. The molecule has 0 aliphatic carbocycles. The summed E-state index contributed by atoms with van der Waals surface area (Å²) >= 11 is 4.36. The predicted molar refractivity (Wildman–Crippen MR) is 66.6 cm³/mol. The Labute approximate surface area is 106 Å². The molecule has 0 unspecified atom stereocenters.